The summed E-state index contributed by atoms with van der Waals surface area (Å²) in [7, 11) is 0. The first-order valence-electron chi connectivity index (χ1n) is 7.47. The van der Waals surface area contributed by atoms with Crippen molar-refractivity contribution in [2.24, 2.45) is 5.92 Å². The molecule has 0 aromatic heterocycles. The molecule has 0 amide bonds. The number of ether oxygens (including phenoxy) is 2. The van der Waals surface area contributed by atoms with Gasteiger partial charge < -0.3 is 40.1 Å². The van der Waals surface area contributed by atoms with Gasteiger partial charge in [-0.1, -0.05) is 13.8 Å². The smallest absolute Gasteiger partial charge is 0.336 e. The highest BCUT2D eigenvalue weighted by Crippen LogP contribution is 2.32. The largest absolute Gasteiger partial charge is 0.481 e. The van der Waals surface area contributed by atoms with E-state index in [9.17, 15) is 30.0 Å². The third kappa shape index (κ3) is 4.62. The molecule has 0 aromatic rings. The Labute approximate surface area is 138 Å². The van der Waals surface area contributed by atoms with Crippen LogP contribution in [0, 0.1) is 5.92 Å². The van der Waals surface area contributed by atoms with Crippen LogP contribution in [0.5, 0.6) is 0 Å². The number of hydrogen-bond acceptors (Lipinski definition) is 8. The maximum absolute atomic E-state index is 11.7. The summed E-state index contributed by atoms with van der Waals surface area (Å²) in [5.74, 6) is -3.25. The Morgan fingerprint density at radius 2 is 1.71 bits per heavy atom. The van der Waals surface area contributed by atoms with E-state index >= 15 is 0 Å². The van der Waals surface area contributed by atoms with Gasteiger partial charge in [-0.15, -0.1) is 0 Å². The van der Waals surface area contributed by atoms with E-state index in [4.69, 9.17) is 19.7 Å². The second-order valence-corrected chi connectivity index (χ2v) is 6.28. The van der Waals surface area contributed by atoms with Crippen molar-refractivity contribution in [2.75, 3.05) is 6.61 Å². The number of aliphatic hydroxyl groups is 4. The lowest BCUT2D eigenvalue weighted by molar-refractivity contribution is -0.326. The summed E-state index contributed by atoms with van der Waals surface area (Å²) in [6.45, 7) is 2.61. The molecular formula is C14H24O10. The standard InChI is InChI=1S/C14H24O10/c1-6(2)3-14(13(21)22,4-8(16)17)24-12-11(20)10(19)9(18)7(5-15)23-12/h6-7,9-12,15,18-20H,3-5H2,1-2H3,(H,16,17)(H,21,22)/t7-,9-,10+,11-,12?,14?/m1/s1. The molecule has 2 unspecified atom stereocenters. The minimum Gasteiger partial charge on any atom is -0.481 e. The second-order valence-electron chi connectivity index (χ2n) is 6.28. The van der Waals surface area contributed by atoms with Crippen LogP contribution in [0.15, 0.2) is 0 Å². The number of hydrogen-bond donors (Lipinski definition) is 6. The minimum atomic E-state index is -2.20. The highest BCUT2D eigenvalue weighted by atomic mass is 16.7. The molecule has 0 aliphatic carbocycles. The zero-order chi connectivity index (χ0) is 18.7. The van der Waals surface area contributed by atoms with Gasteiger partial charge in [0.25, 0.3) is 0 Å². The van der Waals surface area contributed by atoms with Crippen LogP contribution in [0.4, 0.5) is 0 Å². The zero-order valence-electron chi connectivity index (χ0n) is 13.4. The Bertz CT molecular complexity index is 451. The Hall–Kier alpha value is -1.30. The molecule has 0 bridgehead atoms. The van der Waals surface area contributed by atoms with E-state index in [1.807, 2.05) is 0 Å². The Balaban J connectivity index is 3.11. The van der Waals surface area contributed by atoms with Gasteiger partial charge in [0.1, 0.15) is 24.4 Å². The quantitative estimate of drug-likeness (QED) is 0.291. The van der Waals surface area contributed by atoms with Crippen molar-refractivity contribution in [3.8, 4) is 0 Å². The summed E-state index contributed by atoms with van der Waals surface area (Å²) in [5, 5.41) is 57.1. The van der Waals surface area contributed by atoms with E-state index in [1.165, 1.54) is 0 Å². The van der Waals surface area contributed by atoms with Crippen molar-refractivity contribution in [1.82, 2.24) is 0 Å². The normalized spacial score (nSPS) is 33.2. The third-order valence-corrected chi connectivity index (χ3v) is 3.75. The molecule has 1 aliphatic heterocycles. The highest BCUT2D eigenvalue weighted by molar-refractivity contribution is 5.84. The number of carbonyl (C=O) groups is 2. The number of aliphatic hydroxyl groups excluding tert-OH is 4. The summed E-state index contributed by atoms with van der Waals surface area (Å²) in [5.41, 5.74) is -2.20. The predicted octanol–water partition coefficient (Wildman–Crippen LogP) is -1.85. The van der Waals surface area contributed by atoms with Crippen LogP contribution in [0.2, 0.25) is 0 Å². The van der Waals surface area contributed by atoms with Crippen LogP contribution < -0.4 is 0 Å². The maximum atomic E-state index is 11.7. The second kappa shape index (κ2) is 8.19. The molecule has 140 valence electrons. The number of rotatable bonds is 8. The number of aliphatic carboxylic acids is 2. The van der Waals surface area contributed by atoms with Crippen LogP contribution in [0.25, 0.3) is 0 Å². The molecule has 1 aliphatic rings. The highest BCUT2D eigenvalue weighted by Gasteiger charge is 2.51. The van der Waals surface area contributed by atoms with Crippen molar-refractivity contribution in [3.05, 3.63) is 0 Å². The fourth-order valence-corrected chi connectivity index (χ4v) is 2.67. The molecule has 1 saturated heterocycles. The molecule has 1 rings (SSSR count). The van der Waals surface area contributed by atoms with E-state index < -0.39 is 61.3 Å². The van der Waals surface area contributed by atoms with Crippen molar-refractivity contribution in [3.63, 3.8) is 0 Å². The third-order valence-electron chi connectivity index (χ3n) is 3.75. The van der Waals surface area contributed by atoms with Gasteiger partial charge in [-0.05, 0) is 12.3 Å². The summed E-state index contributed by atoms with van der Waals surface area (Å²) < 4.78 is 10.4. The molecule has 10 nitrogen and oxygen atoms in total. The first-order chi connectivity index (χ1) is 11.0. The molecule has 0 aromatic carbocycles. The van der Waals surface area contributed by atoms with Crippen molar-refractivity contribution in [1.29, 1.82) is 0 Å². The van der Waals surface area contributed by atoms with Crippen molar-refractivity contribution < 1.29 is 49.7 Å². The summed E-state index contributed by atoms with van der Waals surface area (Å²) in [6, 6.07) is 0. The van der Waals surface area contributed by atoms with E-state index in [-0.39, 0.29) is 12.3 Å². The topological polar surface area (TPSA) is 174 Å². The van der Waals surface area contributed by atoms with Gasteiger partial charge in [0.15, 0.2) is 11.9 Å². The van der Waals surface area contributed by atoms with E-state index in [0.717, 1.165) is 0 Å². The first-order valence-corrected chi connectivity index (χ1v) is 7.47. The Morgan fingerprint density at radius 1 is 1.12 bits per heavy atom. The van der Waals surface area contributed by atoms with Crippen molar-refractivity contribution >= 4 is 11.9 Å². The predicted molar refractivity (Wildman–Crippen MR) is 76.9 cm³/mol. The average molecular weight is 352 g/mol. The molecule has 6 atom stereocenters. The van der Waals surface area contributed by atoms with Gasteiger partial charge in [-0.2, -0.15) is 0 Å². The Kier molecular flexibility index (Phi) is 7.08. The SMILES string of the molecule is CC(C)CC(CC(=O)O)(OC1O[C@H](CO)[C@@H](O)[C@H](O)[C@H]1O)C(=O)O. The van der Waals surface area contributed by atoms with Gasteiger partial charge in [0.2, 0.25) is 0 Å². The first kappa shape index (κ1) is 20.7. The summed E-state index contributed by atoms with van der Waals surface area (Å²) in [4.78, 5) is 22.8. The molecular weight excluding hydrogens is 328 g/mol. The lowest BCUT2D eigenvalue weighted by Gasteiger charge is -2.43. The van der Waals surface area contributed by atoms with Crippen molar-refractivity contribution in [2.45, 2.75) is 63.0 Å². The fraction of sp³-hybridized carbons (Fsp3) is 0.857. The van der Waals surface area contributed by atoms with Gasteiger partial charge in [-0.25, -0.2) is 4.79 Å². The number of carboxylic acids is 2. The lowest BCUT2D eigenvalue weighted by atomic mass is 9.88. The van der Waals surface area contributed by atoms with E-state index in [0.29, 0.717) is 0 Å². The van der Waals surface area contributed by atoms with Crippen LogP contribution >= 0.6 is 0 Å². The molecule has 0 radical (unpaired) electrons. The van der Waals surface area contributed by atoms with Crippen LogP contribution in [-0.4, -0.2) is 85.5 Å². The minimum absolute atomic E-state index is 0.191. The van der Waals surface area contributed by atoms with Crippen LogP contribution in [0.3, 0.4) is 0 Å². The molecule has 1 heterocycles. The lowest BCUT2D eigenvalue weighted by Crippen LogP contribution is -2.62. The molecule has 24 heavy (non-hydrogen) atoms. The van der Waals surface area contributed by atoms with Crippen LogP contribution in [0.1, 0.15) is 26.7 Å². The Morgan fingerprint density at radius 3 is 2.12 bits per heavy atom. The van der Waals surface area contributed by atoms with Gasteiger partial charge in [0.05, 0.1) is 13.0 Å². The van der Waals surface area contributed by atoms with Gasteiger partial charge >= 0.3 is 11.9 Å². The van der Waals surface area contributed by atoms with Gasteiger partial charge in [0, 0.05) is 0 Å². The van der Waals surface area contributed by atoms with E-state index in [2.05, 4.69) is 0 Å². The molecule has 0 saturated carbocycles. The molecule has 1 fully saturated rings. The summed E-state index contributed by atoms with van der Waals surface area (Å²) >= 11 is 0. The zero-order valence-corrected chi connectivity index (χ0v) is 13.4. The van der Waals surface area contributed by atoms with Gasteiger partial charge in [-0.3, -0.25) is 4.79 Å². The monoisotopic (exact) mass is 352 g/mol. The van der Waals surface area contributed by atoms with E-state index in [1.54, 1.807) is 13.8 Å². The maximum Gasteiger partial charge on any atom is 0.336 e. The van der Waals surface area contributed by atoms with Crippen LogP contribution in [-0.2, 0) is 19.1 Å². The molecule has 0 spiro atoms. The fourth-order valence-electron chi connectivity index (χ4n) is 2.67. The summed E-state index contributed by atoms with van der Waals surface area (Å²) in [6.07, 6.45) is -9.30. The molecule has 6 N–H and O–H groups in total. The average Bonchev–Trinajstić information content (AvgIpc) is 2.46. The number of carboxylic acid groups (broad SMARTS) is 2. The molecule has 10 heteroatoms.